The molecule has 1 nitrogen and oxygen atoms in total. The predicted molar refractivity (Wildman–Crippen MR) is 74.2 cm³/mol. The largest absolute Gasteiger partial charge is 0.248 e. The van der Waals surface area contributed by atoms with E-state index in [0.29, 0.717) is 0 Å². The third-order valence-electron chi connectivity index (χ3n) is 2.73. The lowest BCUT2D eigenvalue weighted by atomic mass is 10.1. The van der Waals surface area contributed by atoms with Crippen LogP contribution in [0.5, 0.6) is 0 Å². The minimum absolute atomic E-state index is 0.950. The van der Waals surface area contributed by atoms with Gasteiger partial charge in [-0.25, -0.2) is 4.98 Å². The van der Waals surface area contributed by atoms with Crippen LogP contribution in [-0.2, 0) is 0 Å². The number of thiophene rings is 1. The number of rotatable bonds is 2. The molecule has 0 saturated carbocycles. The van der Waals surface area contributed by atoms with Gasteiger partial charge in [-0.05, 0) is 23.6 Å². The Bertz CT molecular complexity index is 668. The first-order valence-corrected chi connectivity index (χ1v) is 6.31. The van der Waals surface area contributed by atoms with E-state index in [1.165, 1.54) is 4.88 Å². The molecule has 1 aromatic carbocycles. The summed E-state index contributed by atoms with van der Waals surface area (Å²) in [6.45, 7) is 4.12. The molecule has 0 amide bonds. The van der Waals surface area contributed by atoms with Crippen LogP contribution in [0.25, 0.3) is 16.5 Å². The molecule has 0 bridgehead atoms. The summed E-state index contributed by atoms with van der Waals surface area (Å²) in [6.07, 6.45) is 0. The number of hydrogen-bond donors (Lipinski definition) is 0. The van der Waals surface area contributed by atoms with Crippen molar-refractivity contribution in [3.05, 3.63) is 71.1 Å². The fourth-order valence-corrected chi connectivity index (χ4v) is 2.52. The lowest BCUT2D eigenvalue weighted by molar-refractivity contribution is 1.35. The molecule has 2 aromatic heterocycles. The molecule has 0 radical (unpaired) electrons. The zero-order valence-corrected chi connectivity index (χ0v) is 10.1. The monoisotopic (exact) mass is 237 g/mol. The predicted octanol–water partition coefficient (Wildman–Crippen LogP) is 4.36. The Morgan fingerprint density at radius 3 is 2.71 bits per heavy atom. The molecular formula is C15H11NS. The van der Waals surface area contributed by atoms with Gasteiger partial charge in [0.15, 0.2) is 0 Å². The maximum Gasteiger partial charge on any atom is 0.0717 e. The van der Waals surface area contributed by atoms with Crippen LogP contribution in [0.2, 0.25) is 0 Å². The van der Waals surface area contributed by atoms with Gasteiger partial charge in [-0.3, -0.25) is 0 Å². The fourth-order valence-electron chi connectivity index (χ4n) is 1.81. The Hall–Kier alpha value is -1.93. The molecule has 0 saturated heterocycles. The molecule has 2 heteroatoms. The van der Waals surface area contributed by atoms with Gasteiger partial charge in [0, 0.05) is 15.8 Å². The van der Waals surface area contributed by atoms with Crippen LogP contribution in [0, 0.1) is 0 Å². The summed E-state index contributed by atoms with van der Waals surface area (Å²) in [6, 6.07) is 16.4. The van der Waals surface area contributed by atoms with Gasteiger partial charge < -0.3 is 0 Å². The molecular weight excluding hydrogens is 226 g/mol. The van der Waals surface area contributed by atoms with Gasteiger partial charge in [0.2, 0.25) is 0 Å². The molecule has 0 N–H and O–H groups in total. The average molecular weight is 237 g/mol. The lowest BCUT2D eigenvalue weighted by Crippen LogP contribution is -1.88. The van der Waals surface area contributed by atoms with Gasteiger partial charge in [-0.1, -0.05) is 36.9 Å². The van der Waals surface area contributed by atoms with Crippen molar-refractivity contribution in [2.24, 2.45) is 0 Å². The summed E-state index contributed by atoms with van der Waals surface area (Å²) in [5, 5.41) is 3.22. The molecule has 0 fully saturated rings. The molecule has 3 rings (SSSR count). The molecule has 0 aliphatic heterocycles. The Morgan fingerprint density at radius 2 is 1.88 bits per heavy atom. The average Bonchev–Trinajstić information content (AvgIpc) is 2.91. The Balaban J connectivity index is 2.09. The van der Waals surface area contributed by atoms with Crippen molar-refractivity contribution >= 4 is 27.8 Å². The second kappa shape index (κ2) is 4.15. The highest BCUT2D eigenvalue weighted by molar-refractivity contribution is 7.11. The first-order chi connectivity index (χ1) is 8.34. The molecule has 0 atom stereocenters. The van der Waals surface area contributed by atoms with E-state index in [9.17, 15) is 0 Å². The Labute approximate surface area is 104 Å². The van der Waals surface area contributed by atoms with Crippen LogP contribution >= 0.6 is 11.3 Å². The van der Waals surface area contributed by atoms with Crippen LogP contribution in [0.4, 0.5) is 0 Å². The van der Waals surface area contributed by atoms with E-state index in [0.717, 1.165) is 22.2 Å². The molecule has 0 spiro atoms. The first kappa shape index (κ1) is 10.2. The zero-order chi connectivity index (χ0) is 11.7. The highest BCUT2D eigenvalue weighted by atomic mass is 32.1. The number of benzene rings is 1. The van der Waals surface area contributed by atoms with Crippen molar-refractivity contribution in [2.75, 3.05) is 0 Å². The zero-order valence-electron chi connectivity index (χ0n) is 9.26. The first-order valence-electron chi connectivity index (χ1n) is 5.43. The summed E-state index contributed by atoms with van der Waals surface area (Å²) >= 11 is 1.69. The van der Waals surface area contributed by atoms with Crippen molar-refractivity contribution in [3.8, 4) is 0 Å². The Kier molecular flexibility index (Phi) is 2.50. The van der Waals surface area contributed by atoms with Crippen molar-refractivity contribution < 1.29 is 0 Å². The summed E-state index contributed by atoms with van der Waals surface area (Å²) in [5.74, 6) is 0. The van der Waals surface area contributed by atoms with Gasteiger partial charge in [-0.2, -0.15) is 0 Å². The third kappa shape index (κ3) is 1.87. The number of para-hydroxylation sites is 1. The van der Waals surface area contributed by atoms with Crippen LogP contribution in [0.15, 0.2) is 60.5 Å². The quantitative estimate of drug-likeness (QED) is 0.645. The minimum atomic E-state index is 0.950. The standard InChI is InChI=1S/C15H11NS/c1-11(15-7-4-10-17-15)13-9-8-12-5-2-3-6-14(12)16-13/h2-10H,1H2. The molecule has 0 aliphatic carbocycles. The molecule has 2 heterocycles. The van der Waals surface area contributed by atoms with Gasteiger partial charge >= 0.3 is 0 Å². The smallest absolute Gasteiger partial charge is 0.0717 e. The van der Waals surface area contributed by atoms with Crippen molar-refractivity contribution in [2.45, 2.75) is 0 Å². The summed E-state index contributed by atoms with van der Waals surface area (Å²) < 4.78 is 0. The number of nitrogens with zero attached hydrogens (tertiary/aromatic N) is 1. The van der Waals surface area contributed by atoms with Gasteiger partial charge in [-0.15, -0.1) is 11.3 Å². The number of pyridine rings is 1. The van der Waals surface area contributed by atoms with Crippen LogP contribution < -0.4 is 0 Å². The van der Waals surface area contributed by atoms with E-state index in [1.54, 1.807) is 11.3 Å². The number of hydrogen-bond acceptors (Lipinski definition) is 2. The van der Waals surface area contributed by atoms with Crippen molar-refractivity contribution in [3.63, 3.8) is 0 Å². The van der Waals surface area contributed by atoms with Crippen molar-refractivity contribution in [1.82, 2.24) is 4.98 Å². The lowest BCUT2D eigenvalue weighted by Gasteiger charge is -2.04. The van der Waals surface area contributed by atoms with E-state index in [4.69, 9.17) is 0 Å². The van der Waals surface area contributed by atoms with E-state index in [-0.39, 0.29) is 0 Å². The number of aromatic nitrogens is 1. The van der Waals surface area contributed by atoms with E-state index < -0.39 is 0 Å². The van der Waals surface area contributed by atoms with Crippen LogP contribution in [0.3, 0.4) is 0 Å². The fraction of sp³-hybridized carbons (Fsp3) is 0. The van der Waals surface area contributed by atoms with Gasteiger partial charge in [0.05, 0.1) is 11.2 Å². The summed E-state index contributed by atoms with van der Waals surface area (Å²) in [7, 11) is 0. The van der Waals surface area contributed by atoms with Crippen molar-refractivity contribution in [1.29, 1.82) is 0 Å². The topological polar surface area (TPSA) is 12.9 Å². The number of fused-ring (bicyclic) bond motifs is 1. The Morgan fingerprint density at radius 1 is 1.00 bits per heavy atom. The van der Waals surface area contributed by atoms with Crippen LogP contribution in [0.1, 0.15) is 10.6 Å². The third-order valence-corrected chi connectivity index (χ3v) is 3.66. The SMILES string of the molecule is C=C(c1ccc2ccccc2n1)c1cccs1. The minimum Gasteiger partial charge on any atom is -0.248 e. The van der Waals surface area contributed by atoms with E-state index >= 15 is 0 Å². The van der Waals surface area contributed by atoms with Crippen LogP contribution in [-0.4, -0.2) is 4.98 Å². The molecule has 0 aliphatic rings. The summed E-state index contributed by atoms with van der Waals surface area (Å²) in [4.78, 5) is 5.81. The molecule has 17 heavy (non-hydrogen) atoms. The highest BCUT2D eigenvalue weighted by Gasteiger charge is 2.05. The summed E-state index contributed by atoms with van der Waals surface area (Å²) in [5.41, 5.74) is 2.96. The van der Waals surface area contributed by atoms with E-state index in [2.05, 4.69) is 35.1 Å². The van der Waals surface area contributed by atoms with E-state index in [1.807, 2.05) is 30.3 Å². The second-order valence-electron chi connectivity index (χ2n) is 3.85. The molecule has 82 valence electrons. The maximum absolute atomic E-state index is 4.64. The molecule has 3 aromatic rings. The maximum atomic E-state index is 4.64. The normalized spacial score (nSPS) is 10.6. The van der Waals surface area contributed by atoms with Gasteiger partial charge in [0.1, 0.15) is 0 Å². The highest BCUT2D eigenvalue weighted by Crippen LogP contribution is 2.25. The molecule has 0 unspecified atom stereocenters. The second-order valence-corrected chi connectivity index (χ2v) is 4.79. The van der Waals surface area contributed by atoms with Gasteiger partial charge in [0.25, 0.3) is 0 Å².